The molecule has 0 saturated carbocycles. The van der Waals surface area contributed by atoms with Gasteiger partial charge in [-0.05, 0) is 24.5 Å². The van der Waals surface area contributed by atoms with Gasteiger partial charge in [0, 0.05) is 17.7 Å². The van der Waals surface area contributed by atoms with E-state index in [0.717, 1.165) is 18.2 Å². The predicted octanol–water partition coefficient (Wildman–Crippen LogP) is 4.29. The summed E-state index contributed by atoms with van der Waals surface area (Å²) in [6.45, 7) is 0. The Kier molecular flexibility index (Phi) is 4.89. The minimum Gasteiger partial charge on any atom is -0.294 e. The van der Waals surface area contributed by atoms with Gasteiger partial charge in [-0.15, -0.1) is 0 Å². The molecular weight excluding hydrogens is 273 g/mol. The Bertz CT molecular complexity index is 418. The topological polar surface area (TPSA) is 17.1 Å². The van der Waals surface area contributed by atoms with E-state index in [-0.39, 0.29) is 22.8 Å². The van der Waals surface area contributed by atoms with Crippen molar-refractivity contribution >= 4 is 29.1 Å². The molecule has 0 unspecified atom stereocenters. The molecule has 0 saturated heterocycles. The van der Waals surface area contributed by atoms with E-state index in [1.54, 1.807) is 0 Å². The molecule has 1 nitrogen and oxygen atoms in total. The van der Waals surface area contributed by atoms with Gasteiger partial charge < -0.3 is 0 Å². The molecular formula is C11H10ClF3OS. The van der Waals surface area contributed by atoms with E-state index in [1.807, 2.05) is 6.26 Å². The van der Waals surface area contributed by atoms with Crippen LogP contribution in [0.3, 0.4) is 0 Å². The first kappa shape index (κ1) is 14.4. The average molecular weight is 283 g/mol. The van der Waals surface area contributed by atoms with Gasteiger partial charge in [0.05, 0.1) is 10.6 Å². The number of hydrogen-bond donors (Lipinski definition) is 0. The minimum absolute atomic E-state index is 0.147. The summed E-state index contributed by atoms with van der Waals surface area (Å²) in [5.74, 6) is 0.383. The number of carbonyl (C=O) groups excluding carboxylic acids is 1. The van der Waals surface area contributed by atoms with Crippen LogP contribution in [-0.4, -0.2) is 17.8 Å². The molecule has 0 aliphatic rings. The molecule has 0 radical (unpaired) electrons. The molecule has 6 heteroatoms. The van der Waals surface area contributed by atoms with Crippen LogP contribution in [0.4, 0.5) is 13.2 Å². The van der Waals surface area contributed by atoms with Crippen molar-refractivity contribution in [2.75, 3.05) is 12.0 Å². The summed E-state index contributed by atoms with van der Waals surface area (Å²) in [5, 5.41) is -0.147. The van der Waals surface area contributed by atoms with Crippen LogP contribution < -0.4 is 0 Å². The maximum Gasteiger partial charge on any atom is 0.416 e. The summed E-state index contributed by atoms with van der Waals surface area (Å²) in [4.78, 5) is 11.6. The number of Topliss-reactive ketones (excluding diaryl/α,β-unsaturated/α-hetero) is 1. The molecule has 94 valence electrons. The number of ketones is 1. The Morgan fingerprint density at radius 2 is 2.06 bits per heavy atom. The Labute approximate surface area is 106 Å². The van der Waals surface area contributed by atoms with Gasteiger partial charge in [0.1, 0.15) is 0 Å². The third-order valence-corrected chi connectivity index (χ3v) is 3.06. The molecule has 0 heterocycles. The third kappa shape index (κ3) is 3.92. The molecule has 0 amide bonds. The largest absolute Gasteiger partial charge is 0.416 e. The van der Waals surface area contributed by atoms with Crippen LogP contribution in [0, 0.1) is 0 Å². The number of halogens is 4. The molecule has 0 spiro atoms. The maximum absolute atomic E-state index is 12.4. The van der Waals surface area contributed by atoms with Crippen LogP contribution in [0.15, 0.2) is 18.2 Å². The van der Waals surface area contributed by atoms with Crippen LogP contribution in [0.1, 0.15) is 22.3 Å². The zero-order valence-corrected chi connectivity index (χ0v) is 10.5. The van der Waals surface area contributed by atoms with E-state index < -0.39 is 11.7 Å². The van der Waals surface area contributed by atoms with Crippen molar-refractivity contribution < 1.29 is 18.0 Å². The fraction of sp³-hybridized carbons (Fsp3) is 0.364. The first-order chi connectivity index (χ1) is 7.86. The third-order valence-electron chi connectivity index (χ3n) is 2.13. The standard InChI is InChI=1S/C11H10ClF3OS/c1-17-5-4-10(16)8-3-2-7(6-9(8)12)11(13,14)15/h2-3,6H,4-5H2,1H3. The van der Waals surface area contributed by atoms with Gasteiger partial charge in [-0.1, -0.05) is 11.6 Å². The van der Waals surface area contributed by atoms with Crippen molar-refractivity contribution in [1.29, 1.82) is 0 Å². The monoisotopic (exact) mass is 282 g/mol. The van der Waals surface area contributed by atoms with Crippen LogP contribution in [0.2, 0.25) is 5.02 Å². The quantitative estimate of drug-likeness (QED) is 0.766. The van der Waals surface area contributed by atoms with Gasteiger partial charge in [0.15, 0.2) is 5.78 Å². The Hall–Kier alpha value is -0.680. The van der Waals surface area contributed by atoms with Crippen molar-refractivity contribution in [3.63, 3.8) is 0 Å². The predicted molar refractivity (Wildman–Crippen MR) is 63.8 cm³/mol. The van der Waals surface area contributed by atoms with Crippen molar-refractivity contribution in [2.24, 2.45) is 0 Å². The number of rotatable bonds is 4. The van der Waals surface area contributed by atoms with E-state index >= 15 is 0 Å². The van der Waals surface area contributed by atoms with Crippen molar-refractivity contribution in [3.8, 4) is 0 Å². The second kappa shape index (κ2) is 5.78. The van der Waals surface area contributed by atoms with Gasteiger partial charge in [-0.3, -0.25) is 4.79 Å². The molecule has 0 aliphatic carbocycles. The minimum atomic E-state index is -4.44. The lowest BCUT2D eigenvalue weighted by Crippen LogP contribution is -2.07. The lowest BCUT2D eigenvalue weighted by molar-refractivity contribution is -0.137. The van der Waals surface area contributed by atoms with Crippen molar-refractivity contribution in [3.05, 3.63) is 34.3 Å². The molecule has 0 atom stereocenters. The second-order valence-electron chi connectivity index (χ2n) is 3.36. The molecule has 0 aromatic heterocycles. The number of hydrogen-bond acceptors (Lipinski definition) is 2. The van der Waals surface area contributed by atoms with Gasteiger partial charge >= 0.3 is 6.18 Å². The summed E-state index contributed by atoms with van der Waals surface area (Å²) in [7, 11) is 0. The van der Waals surface area contributed by atoms with E-state index in [0.29, 0.717) is 5.75 Å². The summed E-state index contributed by atoms with van der Waals surface area (Å²) in [6.07, 6.45) is -2.32. The molecule has 0 aliphatic heterocycles. The lowest BCUT2D eigenvalue weighted by atomic mass is 10.1. The fourth-order valence-corrected chi connectivity index (χ4v) is 1.92. The van der Waals surface area contributed by atoms with E-state index in [2.05, 4.69) is 0 Å². The van der Waals surface area contributed by atoms with Crippen LogP contribution >= 0.6 is 23.4 Å². The normalized spacial score (nSPS) is 11.6. The average Bonchev–Trinajstić information content (AvgIpc) is 2.24. The van der Waals surface area contributed by atoms with Crippen LogP contribution in [-0.2, 0) is 6.18 Å². The molecule has 0 N–H and O–H groups in total. The van der Waals surface area contributed by atoms with Crippen molar-refractivity contribution in [2.45, 2.75) is 12.6 Å². The van der Waals surface area contributed by atoms with Gasteiger partial charge in [0.2, 0.25) is 0 Å². The molecule has 0 bridgehead atoms. The number of benzene rings is 1. The molecule has 1 aromatic rings. The highest BCUT2D eigenvalue weighted by Crippen LogP contribution is 2.32. The van der Waals surface area contributed by atoms with Crippen LogP contribution in [0.5, 0.6) is 0 Å². The fourth-order valence-electron chi connectivity index (χ4n) is 1.25. The smallest absolute Gasteiger partial charge is 0.294 e. The highest BCUT2D eigenvalue weighted by atomic mass is 35.5. The first-order valence-corrected chi connectivity index (χ1v) is 6.52. The van der Waals surface area contributed by atoms with E-state index in [4.69, 9.17) is 11.6 Å². The number of carbonyl (C=O) groups is 1. The number of alkyl halides is 3. The van der Waals surface area contributed by atoms with Gasteiger partial charge in [-0.25, -0.2) is 0 Å². The van der Waals surface area contributed by atoms with Gasteiger partial charge in [0.25, 0.3) is 0 Å². The van der Waals surface area contributed by atoms with Gasteiger partial charge in [-0.2, -0.15) is 24.9 Å². The lowest BCUT2D eigenvalue weighted by Gasteiger charge is -2.09. The molecule has 17 heavy (non-hydrogen) atoms. The zero-order chi connectivity index (χ0) is 13.1. The van der Waals surface area contributed by atoms with E-state index in [1.165, 1.54) is 11.8 Å². The Morgan fingerprint density at radius 3 is 2.53 bits per heavy atom. The molecule has 0 fully saturated rings. The van der Waals surface area contributed by atoms with E-state index in [9.17, 15) is 18.0 Å². The Morgan fingerprint density at radius 1 is 1.41 bits per heavy atom. The summed E-state index contributed by atoms with van der Waals surface area (Å²) in [5.41, 5.74) is -0.697. The molecule has 1 rings (SSSR count). The number of thioether (sulfide) groups is 1. The highest BCUT2D eigenvalue weighted by molar-refractivity contribution is 7.98. The SMILES string of the molecule is CSCCC(=O)c1ccc(C(F)(F)F)cc1Cl. The molecule has 1 aromatic carbocycles. The second-order valence-corrected chi connectivity index (χ2v) is 4.75. The zero-order valence-electron chi connectivity index (χ0n) is 8.97. The summed E-state index contributed by atoms with van der Waals surface area (Å²) in [6, 6.07) is 2.79. The van der Waals surface area contributed by atoms with Crippen LogP contribution in [0.25, 0.3) is 0 Å². The summed E-state index contributed by atoms with van der Waals surface area (Å²) >= 11 is 7.18. The Balaban J connectivity index is 2.94. The van der Waals surface area contributed by atoms with Crippen molar-refractivity contribution in [1.82, 2.24) is 0 Å². The summed E-state index contributed by atoms with van der Waals surface area (Å²) < 4.78 is 37.1. The first-order valence-electron chi connectivity index (χ1n) is 4.75. The maximum atomic E-state index is 12.4. The highest BCUT2D eigenvalue weighted by Gasteiger charge is 2.31.